The Balaban J connectivity index is 2.15. The first kappa shape index (κ1) is 17.8. The average Bonchev–Trinajstić information content (AvgIpc) is 2.60. The number of benzene rings is 2. The fourth-order valence-corrected chi connectivity index (χ4v) is 2.62. The van der Waals surface area contributed by atoms with Crippen LogP contribution in [0.15, 0.2) is 53.4 Å². The highest BCUT2D eigenvalue weighted by Gasteiger charge is 2.20. The van der Waals surface area contributed by atoms with E-state index in [1.54, 1.807) is 30.3 Å². The molecule has 1 N–H and O–H groups in total. The molecule has 2 rings (SSSR count). The van der Waals surface area contributed by atoms with Gasteiger partial charge in [0.25, 0.3) is 0 Å². The van der Waals surface area contributed by atoms with Crippen LogP contribution in [0.1, 0.15) is 20.7 Å². The zero-order valence-corrected chi connectivity index (χ0v) is 13.5. The van der Waals surface area contributed by atoms with Crippen LogP contribution in [-0.2, 0) is 14.8 Å². The molecule has 24 heavy (non-hydrogen) atoms. The van der Waals surface area contributed by atoms with E-state index in [9.17, 15) is 22.4 Å². The highest BCUT2D eigenvalue weighted by Crippen LogP contribution is 2.16. The summed E-state index contributed by atoms with van der Waals surface area (Å²) in [5, 5.41) is 0. The number of ketones is 1. The van der Waals surface area contributed by atoms with Gasteiger partial charge in [0.15, 0.2) is 12.4 Å². The Labute approximate surface area is 138 Å². The number of sulfonamides is 1. The zero-order valence-electron chi connectivity index (χ0n) is 12.7. The van der Waals surface area contributed by atoms with Crippen molar-refractivity contribution in [2.45, 2.75) is 4.90 Å². The van der Waals surface area contributed by atoms with Crippen molar-refractivity contribution in [2.24, 2.45) is 0 Å². The molecule has 0 heterocycles. The summed E-state index contributed by atoms with van der Waals surface area (Å²) in [6, 6.07) is 10.9. The summed E-state index contributed by atoms with van der Waals surface area (Å²) >= 11 is 0. The van der Waals surface area contributed by atoms with Crippen molar-refractivity contribution in [3.05, 3.63) is 65.5 Å². The number of nitrogens with one attached hydrogen (secondary N) is 1. The first-order valence-electron chi connectivity index (χ1n) is 6.83. The van der Waals surface area contributed by atoms with Gasteiger partial charge in [0.2, 0.25) is 10.0 Å². The number of hydrogen-bond donors (Lipinski definition) is 1. The maximum Gasteiger partial charge on any atom is 0.341 e. The van der Waals surface area contributed by atoms with Gasteiger partial charge in [0.05, 0.1) is 10.5 Å². The van der Waals surface area contributed by atoms with Gasteiger partial charge in [-0.1, -0.05) is 30.3 Å². The molecule has 0 unspecified atom stereocenters. The van der Waals surface area contributed by atoms with Crippen LogP contribution < -0.4 is 4.72 Å². The molecule has 0 radical (unpaired) electrons. The van der Waals surface area contributed by atoms with Crippen molar-refractivity contribution in [2.75, 3.05) is 13.7 Å². The normalized spacial score (nSPS) is 11.1. The molecular weight excluding hydrogens is 337 g/mol. The number of carbonyl (C=O) groups excluding carboxylic acids is 2. The summed E-state index contributed by atoms with van der Waals surface area (Å²) in [6.45, 7) is -0.578. The minimum Gasteiger partial charge on any atom is -0.454 e. The van der Waals surface area contributed by atoms with E-state index in [1.165, 1.54) is 7.05 Å². The molecule has 2 aromatic carbocycles. The summed E-state index contributed by atoms with van der Waals surface area (Å²) < 4.78 is 44.0. The van der Waals surface area contributed by atoms with Crippen LogP contribution in [-0.4, -0.2) is 33.8 Å². The van der Waals surface area contributed by atoms with Crippen LogP contribution in [0.25, 0.3) is 0 Å². The standard InChI is InChI=1S/C16H14FNO5S/c1-18-24(21,22)12-7-8-14(17)13(9-12)16(20)23-10-15(19)11-5-3-2-4-6-11/h2-9,18H,10H2,1H3. The number of carbonyl (C=O) groups is 2. The minimum absolute atomic E-state index is 0.285. The molecule has 6 nitrogen and oxygen atoms in total. The van der Waals surface area contributed by atoms with Crippen LogP contribution in [0.4, 0.5) is 4.39 Å². The Morgan fingerprint density at radius 1 is 1.12 bits per heavy atom. The molecule has 0 spiro atoms. The van der Waals surface area contributed by atoms with E-state index in [1.807, 2.05) is 0 Å². The molecule has 0 aromatic heterocycles. The molecule has 0 atom stereocenters. The van der Waals surface area contributed by atoms with E-state index < -0.39 is 39.8 Å². The summed E-state index contributed by atoms with van der Waals surface area (Å²) in [7, 11) is -2.65. The highest BCUT2D eigenvalue weighted by atomic mass is 32.2. The van der Waals surface area contributed by atoms with Gasteiger partial charge in [-0.05, 0) is 25.2 Å². The third kappa shape index (κ3) is 4.03. The summed E-state index contributed by atoms with van der Waals surface area (Å²) in [5.74, 6) is -2.52. The molecule has 0 bridgehead atoms. The number of hydrogen-bond acceptors (Lipinski definition) is 5. The molecule has 2 aromatic rings. The molecule has 0 aliphatic heterocycles. The third-order valence-corrected chi connectivity index (χ3v) is 4.58. The Morgan fingerprint density at radius 2 is 1.79 bits per heavy atom. The van der Waals surface area contributed by atoms with E-state index in [2.05, 4.69) is 4.72 Å². The van der Waals surface area contributed by atoms with Gasteiger partial charge in [-0.2, -0.15) is 0 Å². The third-order valence-electron chi connectivity index (χ3n) is 3.17. The summed E-state index contributed by atoms with van der Waals surface area (Å²) in [4.78, 5) is 23.5. The maximum absolute atomic E-state index is 13.8. The zero-order chi connectivity index (χ0) is 17.7. The Kier molecular flexibility index (Phi) is 5.42. The van der Waals surface area contributed by atoms with E-state index >= 15 is 0 Å². The molecule has 126 valence electrons. The van der Waals surface area contributed by atoms with Gasteiger partial charge < -0.3 is 4.74 Å². The van der Waals surface area contributed by atoms with E-state index in [4.69, 9.17) is 4.74 Å². The second-order valence-electron chi connectivity index (χ2n) is 4.71. The molecule has 0 fully saturated rings. The van der Waals surface area contributed by atoms with Crippen LogP contribution in [0.2, 0.25) is 0 Å². The van der Waals surface area contributed by atoms with Gasteiger partial charge in [-0.15, -0.1) is 0 Å². The maximum atomic E-state index is 13.8. The second-order valence-corrected chi connectivity index (χ2v) is 6.60. The van der Waals surface area contributed by atoms with Crippen molar-refractivity contribution >= 4 is 21.8 Å². The first-order valence-corrected chi connectivity index (χ1v) is 8.32. The van der Waals surface area contributed by atoms with Gasteiger partial charge >= 0.3 is 5.97 Å². The van der Waals surface area contributed by atoms with Crippen molar-refractivity contribution in [1.82, 2.24) is 4.72 Å². The molecule has 0 aliphatic carbocycles. The van der Waals surface area contributed by atoms with Gasteiger partial charge in [0, 0.05) is 5.56 Å². The lowest BCUT2D eigenvalue weighted by Crippen LogP contribution is -2.20. The van der Waals surface area contributed by atoms with Crippen molar-refractivity contribution in [3.63, 3.8) is 0 Å². The lowest BCUT2D eigenvalue weighted by Gasteiger charge is -2.08. The lowest BCUT2D eigenvalue weighted by atomic mass is 10.1. The van der Waals surface area contributed by atoms with Crippen LogP contribution in [0.5, 0.6) is 0 Å². The fourth-order valence-electron chi connectivity index (χ4n) is 1.86. The van der Waals surface area contributed by atoms with Crippen molar-refractivity contribution in [1.29, 1.82) is 0 Å². The van der Waals surface area contributed by atoms with Gasteiger partial charge in [-0.25, -0.2) is 22.3 Å². The van der Waals surface area contributed by atoms with Crippen molar-refractivity contribution < 1.29 is 27.1 Å². The fraction of sp³-hybridized carbons (Fsp3) is 0.125. The van der Waals surface area contributed by atoms with E-state index in [-0.39, 0.29) is 4.90 Å². The SMILES string of the molecule is CNS(=O)(=O)c1ccc(F)c(C(=O)OCC(=O)c2ccccc2)c1. The molecular formula is C16H14FNO5S. The van der Waals surface area contributed by atoms with E-state index in [0.717, 1.165) is 18.2 Å². The topological polar surface area (TPSA) is 89.5 Å². The number of halogens is 1. The smallest absolute Gasteiger partial charge is 0.341 e. The summed E-state index contributed by atoms with van der Waals surface area (Å²) in [6.07, 6.45) is 0. The van der Waals surface area contributed by atoms with E-state index in [0.29, 0.717) is 5.56 Å². The quantitative estimate of drug-likeness (QED) is 0.633. The minimum atomic E-state index is -3.84. The molecule has 0 aliphatic rings. The predicted molar refractivity (Wildman–Crippen MR) is 83.7 cm³/mol. The highest BCUT2D eigenvalue weighted by molar-refractivity contribution is 7.89. The molecule has 0 amide bonds. The number of rotatable bonds is 6. The molecule has 0 saturated carbocycles. The van der Waals surface area contributed by atoms with Gasteiger partial charge in [0.1, 0.15) is 5.82 Å². The van der Waals surface area contributed by atoms with Crippen molar-refractivity contribution in [3.8, 4) is 0 Å². The number of Topliss-reactive ketones (excluding diaryl/α,β-unsaturated/α-hetero) is 1. The van der Waals surface area contributed by atoms with Gasteiger partial charge in [-0.3, -0.25) is 4.79 Å². The average molecular weight is 351 g/mol. The number of ether oxygens (including phenoxy) is 1. The Hall–Kier alpha value is -2.58. The second kappa shape index (κ2) is 7.33. The predicted octanol–water partition coefficient (Wildman–Crippen LogP) is 1.77. The van der Waals surface area contributed by atoms with Crippen LogP contribution in [0, 0.1) is 5.82 Å². The first-order chi connectivity index (χ1) is 11.3. The Morgan fingerprint density at radius 3 is 2.42 bits per heavy atom. The Bertz CT molecular complexity index is 865. The monoisotopic (exact) mass is 351 g/mol. The number of esters is 1. The lowest BCUT2D eigenvalue weighted by molar-refractivity contribution is 0.0470. The molecule has 0 saturated heterocycles. The van der Waals surface area contributed by atoms with Crippen LogP contribution >= 0.6 is 0 Å². The van der Waals surface area contributed by atoms with Crippen LogP contribution in [0.3, 0.4) is 0 Å². The summed E-state index contributed by atoms with van der Waals surface area (Å²) in [5.41, 5.74) is -0.218. The molecule has 8 heteroatoms. The largest absolute Gasteiger partial charge is 0.454 e.